The summed E-state index contributed by atoms with van der Waals surface area (Å²) in [5.41, 5.74) is 0. The molecule has 1 saturated carbocycles. The highest BCUT2D eigenvalue weighted by Gasteiger charge is 2.12. The summed E-state index contributed by atoms with van der Waals surface area (Å²) >= 11 is 1.91. The molecule has 0 saturated heterocycles. The molecule has 1 aromatic rings. The fraction of sp³-hybridized carbons (Fsp3) is 0.733. The maximum absolute atomic E-state index is 2.27. The average molecular weight is 236 g/mol. The molecule has 1 aliphatic rings. The van der Waals surface area contributed by atoms with Gasteiger partial charge in [0.25, 0.3) is 0 Å². The molecule has 1 heterocycles. The third-order valence-corrected chi connectivity index (χ3v) is 4.78. The zero-order valence-corrected chi connectivity index (χ0v) is 11.1. The SMILES string of the molecule is c1csc(CCCCCC2CCCCC2)c1. The predicted molar refractivity (Wildman–Crippen MR) is 73.1 cm³/mol. The van der Waals surface area contributed by atoms with Crippen molar-refractivity contribution in [3.05, 3.63) is 22.4 Å². The Balaban J connectivity index is 1.48. The molecule has 90 valence electrons. The molecule has 0 radical (unpaired) electrons. The summed E-state index contributed by atoms with van der Waals surface area (Å²) in [6, 6.07) is 4.44. The van der Waals surface area contributed by atoms with Crippen LogP contribution in [-0.4, -0.2) is 0 Å². The van der Waals surface area contributed by atoms with E-state index in [-0.39, 0.29) is 0 Å². The van der Waals surface area contributed by atoms with Crippen molar-refractivity contribution in [3.8, 4) is 0 Å². The van der Waals surface area contributed by atoms with Gasteiger partial charge in [-0.15, -0.1) is 11.3 Å². The van der Waals surface area contributed by atoms with E-state index in [4.69, 9.17) is 0 Å². The Morgan fingerprint density at radius 1 is 1.06 bits per heavy atom. The second kappa shape index (κ2) is 7.11. The Kier molecular flexibility index (Phi) is 5.41. The largest absolute Gasteiger partial charge is 0.149 e. The predicted octanol–water partition coefficient (Wildman–Crippen LogP) is 5.43. The molecule has 0 amide bonds. The van der Waals surface area contributed by atoms with E-state index >= 15 is 0 Å². The van der Waals surface area contributed by atoms with Gasteiger partial charge in [0.15, 0.2) is 0 Å². The highest BCUT2D eigenvalue weighted by atomic mass is 32.1. The number of thiophene rings is 1. The van der Waals surface area contributed by atoms with Gasteiger partial charge in [-0.25, -0.2) is 0 Å². The number of aryl methyl sites for hydroxylation is 1. The molecule has 0 nitrogen and oxygen atoms in total. The van der Waals surface area contributed by atoms with Crippen molar-refractivity contribution in [2.75, 3.05) is 0 Å². The van der Waals surface area contributed by atoms with Crippen molar-refractivity contribution < 1.29 is 0 Å². The van der Waals surface area contributed by atoms with Crippen molar-refractivity contribution in [2.24, 2.45) is 5.92 Å². The van der Waals surface area contributed by atoms with Gasteiger partial charge >= 0.3 is 0 Å². The summed E-state index contributed by atoms with van der Waals surface area (Å²) in [6.07, 6.45) is 14.6. The highest BCUT2D eigenvalue weighted by molar-refractivity contribution is 7.09. The molecule has 0 spiro atoms. The van der Waals surface area contributed by atoms with Gasteiger partial charge in [0.1, 0.15) is 0 Å². The van der Waals surface area contributed by atoms with Gasteiger partial charge in [-0.05, 0) is 30.2 Å². The van der Waals surface area contributed by atoms with E-state index < -0.39 is 0 Å². The molecule has 0 aromatic carbocycles. The second-order valence-electron chi connectivity index (χ2n) is 5.18. The molecule has 2 rings (SSSR count). The molecule has 1 aliphatic carbocycles. The van der Waals surface area contributed by atoms with E-state index in [2.05, 4.69) is 17.5 Å². The van der Waals surface area contributed by atoms with E-state index in [0.717, 1.165) is 5.92 Å². The molecule has 1 heteroatoms. The summed E-state index contributed by atoms with van der Waals surface area (Å²) in [7, 11) is 0. The van der Waals surface area contributed by atoms with Crippen LogP contribution in [0.3, 0.4) is 0 Å². The van der Waals surface area contributed by atoms with Gasteiger partial charge in [-0.1, -0.05) is 57.4 Å². The fourth-order valence-corrected chi connectivity index (χ4v) is 3.59. The normalized spacial score (nSPS) is 17.8. The standard InChI is InChI=1S/C15H24S/c1-3-8-14(9-4-1)10-5-2-6-11-15-12-7-13-16-15/h7,12-14H,1-6,8-11H2. The van der Waals surface area contributed by atoms with Crippen LogP contribution in [0.25, 0.3) is 0 Å². The van der Waals surface area contributed by atoms with Crippen LogP contribution >= 0.6 is 11.3 Å². The Hall–Kier alpha value is -0.300. The minimum absolute atomic E-state index is 1.08. The van der Waals surface area contributed by atoms with Crippen LogP contribution < -0.4 is 0 Å². The van der Waals surface area contributed by atoms with Crippen molar-refractivity contribution in [3.63, 3.8) is 0 Å². The Labute approximate surface area is 104 Å². The van der Waals surface area contributed by atoms with Gasteiger partial charge < -0.3 is 0 Å². The maximum atomic E-state index is 2.27. The van der Waals surface area contributed by atoms with Gasteiger partial charge in [0.2, 0.25) is 0 Å². The van der Waals surface area contributed by atoms with E-state index in [1.54, 1.807) is 4.88 Å². The fourth-order valence-electron chi connectivity index (χ4n) is 2.84. The molecule has 1 aromatic heterocycles. The van der Waals surface area contributed by atoms with Crippen molar-refractivity contribution in [1.82, 2.24) is 0 Å². The Morgan fingerprint density at radius 3 is 2.69 bits per heavy atom. The maximum Gasteiger partial charge on any atom is 0.00452 e. The van der Waals surface area contributed by atoms with Gasteiger partial charge in [0, 0.05) is 4.88 Å². The Bertz CT molecular complexity index is 257. The van der Waals surface area contributed by atoms with E-state index in [1.165, 1.54) is 64.2 Å². The van der Waals surface area contributed by atoms with Crippen LogP contribution in [0, 0.1) is 5.92 Å². The minimum Gasteiger partial charge on any atom is -0.149 e. The van der Waals surface area contributed by atoms with Crippen molar-refractivity contribution >= 4 is 11.3 Å². The highest BCUT2D eigenvalue weighted by Crippen LogP contribution is 2.28. The smallest absolute Gasteiger partial charge is 0.00452 e. The summed E-state index contributed by atoms with van der Waals surface area (Å²) in [5, 5.41) is 2.19. The third kappa shape index (κ3) is 4.29. The second-order valence-corrected chi connectivity index (χ2v) is 6.21. The zero-order valence-electron chi connectivity index (χ0n) is 10.3. The first-order chi connectivity index (χ1) is 7.95. The van der Waals surface area contributed by atoms with E-state index in [1.807, 2.05) is 11.3 Å². The molecule has 0 aliphatic heterocycles. The third-order valence-electron chi connectivity index (χ3n) is 3.84. The molecular formula is C15H24S. The van der Waals surface area contributed by atoms with E-state index in [9.17, 15) is 0 Å². The van der Waals surface area contributed by atoms with Crippen LogP contribution in [0.2, 0.25) is 0 Å². The van der Waals surface area contributed by atoms with Crippen LogP contribution in [0.15, 0.2) is 17.5 Å². The van der Waals surface area contributed by atoms with Crippen LogP contribution in [-0.2, 0) is 6.42 Å². The summed E-state index contributed by atoms with van der Waals surface area (Å²) in [4.78, 5) is 1.57. The lowest BCUT2D eigenvalue weighted by atomic mass is 9.85. The number of hydrogen-bond donors (Lipinski definition) is 0. The first-order valence-corrected chi connectivity index (χ1v) is 7.85. The molecule has 0 N–H and O–H groups in total. The first-order valence-electron chi connectivity index (χ1n) is 6.97. The topological polar surface area (TPSA) is 0 Å². The molecule has 0 unspecified atom stereocenters. The van der Waals surface area contributed by atoms with Gasteiger partial charge in [-0.2, -0.15) is 0 Å². The van der Waals surface area contributed by atoms with Gasteiger partial charge in [-0.3, -0.25) is 0 Å². The average Bonchev–Trinajstić information content (AvgIpc) is 2.83. The molecule has 1 fully saturated rings. The van der Waals surface area contributed by atoms with Crippen molar-refractivity contribution in [1.29, 1.82) is 0 Å². The number of unbranched alkanes of at least 4 members (excludes halogenated alkanes) is 2. The summed E-state index contributed by atoms with van der Waals surface area (Å²) in [6.45, 7) is 0. The lowest BCUT2D eigenvalue weighted by molar-refractivity contribution is 0.328. The molecular weight excluding hydrogens is 212 g/mol. The van der Waals surface area contributed by atoms with Crippen LogP contribution in [0.1, 0.15) is 62.7 Å². The quantitative estimate of drug-likeness (QED) is 0.578. The number of rotatable bonds is 6. The van der Waals surface area contributed by atoms with Crippen LogP contribution in [0.4, 0.5) is 0 Å². The lowest BCUT2D eigenvalue weighted by Crippen LogP contribution is -2.05. The van der Waals surface area contributed by atoms with Gasteiger partial charge in [0.05, 0.1) is 0 Å². The molecule has 0 bridgehead atoms. The first kappa shape index (κ1) is 12.2. The van der Waals surface area contributed by atoms with Crippen LogP contribution in [0.5, 0.6) is 0 Å². The summed E-state index contributed by atoms with van der Waals surface area (Å²) in [5.74, 6) is 1.08. The monoisotopic (exact) mass is 236 g/mol. The summed E-state index contributed by atoms with van der Waals surface area (Å²) < 4.78 is 0. The number of hydrogen-bond acceptors (Lipinski definition) is 1. The van der Waals surface area contributed by atoms with E-state index in [0.29, 0.717) is 0 Å². The molecule has 0 atom stereocenters. The zero-order chi connectivity index (χ0) is 11.1. The molecule has 16 heavy (non-hydrogen) atoms. The lowest BCUT2D eigenvalue weighted by Gasteiger charge is -2.21. The minimum atomic E-state index is 1.08. The van der Waals surface area contributed by atoms with Crippen molar-refractivity contribution in [2.45, 2.75) is 64.2 Å². The Morgan fingerprint density at radius 2 is 1.94 bits per heavy atom.